The van der Waals surface area contributed by atoms with Gasteiger partial charge in [-0.3, -0.25) is 4.79 Å². The highest BCUT2D eigenvalue weighted by Gasteiger charge is 2.27. The van der Waals surface area contributed by atoms with E-state index < -0.39 is 0 Å². The number of anilines is 2. The SMILES string of the molecule is COc1ccc(Nc2ccccc2C(=O)N2CCCC(C(C)N)C2)cc1. The van der Waals surface area contributed by atoms with Gasteiger partial charge in [0.2, 0.25) is 0 Å². The van der Waals surface area contributed by atoms with E-state index in [1.165, 1.54) is 0 Å². The molecule has 1 aliphatic heterocycles. The van der Waals surface area contributed by atoms with Crippen LogP contribution in [0.3, 0.4) is 0 Å². The molecule has 5 nitrogen and oxygen atoms in total. The summed E-state index contributed by atoms with van der Waals surface area (Å²) >= 11 is 0. The summed E-state index contributed by atoms with van der Waals surface area (Å²) in [5, 5.41) is 3.35. The van der Waals surface area contributed by atoms with E-state index in [2.05, 4.69) is 5.32 Å². The first-order valence-corrected chi connectivity index (χ1v) is 9.13. The number of nitrogens with two attached hydrogens (primary N) is 1. The molecule has 1 amide bonds. The van der Waals surface area contributed by atoms with E-state index >= 15 is 0 Å². The molecule has 2 unspecified atom stereocenters. The summed E-state index contributed by atoms with van der Waals surface area (Å²) in [5.74, 6) is 1.23. The molecule has 2 aromatic carbocycles. The molecule has 0 aliphatic carbocycles. The highest BCUT2D eigenvalue weighted by Crippen LogP contribution is 2.26. The van der Waals surface area contributed by atoms with Gasteiger partial charge in [-0.1, -0.05) is 12.1 Å². The minimum absolute atomic E-state index is 0.0620. The normalized spacial score (nSPS) is 18.3. The lowest BCUT2D eigenvalue weighted by Gasteiger charge is -2.35. The third-order valence-electron chi connectivity index (χ3n) is 5.02. The second kappa shape index (κ2) is 8.23. The Morgan fingerprint density at radius 1 is 1.23 bits per heavy atom. The highest BCUT2D eigenvalue weighted by atomic mass is 16.5. The number of carbonyl (C=O) groups is 1. The van der Waals surface area contributed by atoms with Gasteiger partial charge < -0.3 is 20.7 Å². The van der Waals surface area contributed by atoms with Crippen LogP contribution in [0.15, 0.2) is 48.5 Å². The molecule has 0 bridgehead atoms. The topological polar surface area (TPSA) is 67.6 Å². The van der Waals surface area contributed by atoms with Crippen LogP contribution in [-0.2, 0) is 0 Å². The Labute approximate surface area is 155 Å². The fourth-order valence-electron chi connectivity index (χ4n) is 3.40. The van der Waals surface area contributed by atoms with Gasteiger partial charge in [-0.15, -0.1) is 0 Å². The number of rotatable bonds is 5. The number of para-hydroxylation sites is 1. The lowest BCUT2D eigenvalue weighted by Crippen LogP contribution is -2.45. The Morgan fingerprint density at radius 3 is 2.65 bits per heavy atom. The lowest BCUT2D eigenvalue weighted by molar-refractivity contribution is 0.0662. The predicted octanol–water partition coefficient (Wildman–Crippen LogP) is 3.64. The smallest absolute Gasteiger partial charge is 0.255 e. The molecule has 3 N–H and O–H groups in total. The average Bonchev–Trinajstić information content (AvgIpc) is 2.68. The molecular formula is C21H27N3O2. The van der Waals surface area contributed by atoms with Crippen LogP contribution < -0.4 is 15.8 Å². The fourth-order valence-corrected chi connectivity index (χ4v) is 3.40. The monoisotopic (exact) mass is 353 g/mol. The standard InChI is InChI=1S/C21H27N3O2/c1-15(22)16-6-5-13-24(14-16)21(25)19-7-3-4-8-20(19)23-17-9-11-18(26-2)12-10-17/h3-4,7-12,15-16,23H,5-6,13-14,22H2,1-2H3. The Morgan fingerprint density at radius 2 is 1.96 bits per heavy atom. The molecule has 5 heteroatoms. The van der Waals surface area contributed by atoms with Gasteiger partial charge in [-0.25, -0.2) is 0 Å². The highest BCUT2D eigenvalue weighted by molar-refractivity contribution is 6.00. The summed E-state index contributed by atoms with van der Waals surface area (Å²) < 4.78 is 5.19. The van der Waals surface area contributed by atoms with Crippen LogP contribution >= 0.6 is 0 Å². The van der Waals surface area contributed by atoms with Crippen molar-refractivity contribution in [2.24, 2.45) is 11.7 Å². The molecule has 0 saturated carbocycles. The minimum Gasteiger partial charge on any atom is -0.497 e. The number of nitrogens with one attached hydrogen (secondary N) is 1. The van der Waals surface area contributed by atoms with E-state index in [1.807, 2.05) is 60.4 Å². The zero-order chi connectivity index (χ0) is 18.5. The second-order valence-electron chi connectivity index (χ2n) is 6.91. The van der Waals surface area contributed by atoms with Crippen molar-refractivity contribution in [3.05, 3.63) is 54.1 Å². The van der Waals surface area contributed by atoms with Crippen molar-refractivity contribution in [1.29, 1.82) is 0 Å². The van der Waals surface area contributed by atoms with Gasteiger partial charge in [0, 0.05) is 24.8 Å². The van der Waals surface area contributed by atoms with Crippen LogP contribution in [0, 0.1) is 5.92 Å². The maximum absolute atomic E-state index is 13.1. The quantitative estimate of drug-likeness (QED) is 0.861. The molecule has 2 aromatic rings. The largest absolute Gasteiger partial charge is 0.497 e. The number of piperidine rings is 1. The molecule has 26 heavy (non-hydrogen) atoms. The summed E-state index contributed by atoms with van der Waals surface area (Å²) in [4.78, 5) is 15.0. The number of ether oxygens (including phenoxy) is 1. The first-order valence-electron chi connectivity index (χ1n) is 9.13. The van der Waals surface area contributed by atoms with Crippen LogP contribution in [0.2, 0.25) is 0 Å². The summed E-state index contributed by atoms with van der Waals surface area (Å²) in [5.41, 5.74) is 8.48. The number of hydrogen-bond acceptors (Lipinski definition) is 4. The first-order chi connectivity index (χ1) is 12.6. The predicted molar refractivity (Wildman–Crippen MR) is 105 cm³/mol. The van der Waals surface area contributed by atoms with Crippen molar-refractivity contribution in [3.8, 4) is 5.75 Å². The molecule has 2 atom stereocenters. The zero-order valence-corrected chi connectivity index (χ0v) is 15.4. The van der Waals surface area contributed by atoms with Crippen molar-refractivity contribution in [3.63, 3.8) is 0 Å². The molecule has 3 rings (SSSR count). The van der Waals surface area contributed by atoms with E-state index in [0.717, 1.165) is 43.1 Å². The maximum atomic E-state index is 13.1. The lowest BCUT2D eigenvalue weighted by atomic mass is 9.91. The van der Waals surface area contributed by atoms with Gasteiger partial charge in [0.1, 0.15) is 5.75 Å². The van der Waals surface area contributed by atoms with Crippen LogP contribution in [0.4, 0.5) is 11.4 Å². The maximum Gasteiger partial charge on any atom is 0.255 e. The molecule has 1 aliphatic rings. The van der Waals surface area contributed by atoms with Crippen LogP contribution in [0.25, 0.3) is 0 Å². The molecule has 0 radical (unpaired) electrons. The molecule has 1 heterocycles. The van der Waals surface area contributed by atoms with Crippen molar-refractivity contribution in [1.82, 2.24) is 4.90 Å². The zero-order valence-electron chi connectivity index (χ0n) is 15.4. The second-order valence-corrected chi connectivity index (χ2v) is 6.91. The van der Waals surface area contributed by atoms with E-state index in [9.17, 15) is 4.79 Å². The molecular weight excluding hydrogens is 326 g/mol. The Bertz CT molecular complexity index is 743. The minimum atomic E-state index is 0.0620. The molecule has 1 saturated heterocycles. The van der Waals surface area contributed by atoms with E-state index in [-0.39, 0.29) is 11.9 Å². The van der Waals surface area contributed by atoms with Crippen LogP contribution in [0.1, 0.15) is 30.1 Å². The third-order valence-corrected chi connectivity index (χ3v) is 5.02. The van der Waals surface area contributed by atoms with Crippen molar-refractivity contribution in [2.75, 3.05) is 25.5 Å². The number of hydrogen-bond donors (Lipinski definition) is 2. The summed E-state index contributed by atoms with van der Waals surface area (Å²) in [7, 11) is 1.64. The van der Waals surface area contributed by atoms with E-state index in [1.54, 1.807) is 7.11 Å². The van der Waals surface area contributed by atoms with Crippen LogP contribution in [-0.4, -0.2) is 37.0 Å². The molecule has 1 fully saturated rings. The summed E-state index contributed by atoms with van der Waals surface area (Å²) in [6, 6.07) is 15.4. The Kier molecular flexibility index (Phi) is 5.78. The number of nitrogens with zero attached hydrogens (tertiary/aromatic N) is 1. The van der Waals surface area contributed by atoms with Crippen molar-refractivity contribution in [2.45, 2.75) is 25.8 Å². The number of benzene rings is 2. The van der Waals surface area contributed by atoms with Gasteiger partial charge >= 0.3 is 0 Å². The number of methoxy groups -OCH3 is 1. The molecule has 138 valence electrons. The molecule has 0 spiro atoms. The van der Waals surface area contributed by atoms with Gasteiger partial charge in [0.05, 0.1) is 18.4 Å². The number of amides is 1. The van der Waals surface area contributed by atoms with E-state index in [0.29, 0.717) is 11.5 Å². The van der Waals surface area contributed by atoms with Gasteiger partial charge in [-0.05, 0) is 62.1 Å². The summed E-state index contributed by atoms with van der Waals surface area (Å²) in [6.07, 6.45) is 2.10. The van der Waals surface area contributed by atoms with Crippen molar-refractivity contribution < 1.29 is 9.53 Å². The van der Waals surface area contributed by atoms with Gasteiger partial charge in [0.25, 0.3) is 5.91 Å². The van der Waals surface area contributed by atoms with Gasteiger partial charge in [-0.2, -0.15) is 0 Å². The Hall–Kier alpha value is -2.53. The van der Waals surface area contributed by atoms with Crippen molar-refractivity contribution >= 4 is 17.3 Å². The fraction of sp³-hybridized carbons (Fsp3) is 0.381. The third kappa shape index (κ3) is 4.17. The number of likely N-dealkylation sites (tertiary alicyclic amines) is 1. The molecule has 0 aromatic heterocycles. The number of carbonyl (C=O) groups excluding carboxylic acids is 1. The van der Waals surface area contributed by atoms with Crippen LogP contribution in [0.5, 0.6) is 5.75 Å². The Balaban J connectivity index is 1.78. The van der Waals surface area contributed by atoms with E-state index in [4.69, 9.17) is 10.5 Å². The summed E-state index contributed by atoms with van der Waals surface area (Å²) in [6.45, 7) is 3.55. The first kappa shape index (κ1) is 18.3. The van der Waals surface area contributed by atoms with Gasteiger partial charge in [0.15, 0.2) is 0 Å². The average molecular weight is 353 g/mol.